The molecule has 4 rings (SSSR count). The summed E-state index contributed by atoms with van der Waals surface area (Å²) in [6, 6.07) is 8.07. The number of esters is 1. The van der Waals surface area contributed by atoms with Gasteiger partial charge in [-0.05, 0) is 100 Å². The van der Waals surface area contributed by atoms with Crippen molar-refractivity contribution >= 4 is 45.9 Å². The Labute approximate surface area is 279 Å². The molecule has 0 fully saturated rings. The van der Waals surface area contributed by atoms with Crippen molar-refractivity contribution < 1.29 is 14.3 Å². The Morgan fingerprint density at radius 2 is 1.85 bits per heavy atom. The van der Waals surface area contributed by atoms with Crippen LogP contribution in [0.4, 0.5) is 11.6 Å². The number of methoxy groups -OCH3 is 1. The Hall–Kier alpha value is -3.43. The molecule has 1 atom stereocenters. The minimum absolute atomic E-state index is 0.143. The summed E-state index contributed by atoms with van der Waals surface area (Å²) in [5, 5.41) is 5.31. The largest absolute Gasteiger partial charge is 0.465 e. The van der Waals surface area contributed by atoms with Gasteiger partial charge in [0.05, 0.1) is 29.2 Å². The van der Waals surface area contributed by atoms with E-state index in [4.69, 9.17) is 9.72 Å². The summed E-state index contributed by atoms with van der Waals surface area (Å²) in [6.45, 7) is 16.9. The summed E-state index contributed by atoms with van der Waals surface area (Å²) in [6.07, 6.45) is 12.0. The fourth-order valence-corrected chi connectivity index (χ4v) is 6.86. The van der Waals surface area contributed by atoms with Crippen molar-refractivity contribution in [3.63, 3.8) is 0 Å². The molecule has 0 bridgehead atoms. The molecular formula is C37H53N5O3S. The molecule has 1 aliphatic carbocycles. The molecule has 250 valence electrons. The van der Waals surface area contributed by atoms with Crippen LogP contribution in [0.3, 0.4) is 0 Å². The summed E-state index contributed by atoms with van der Waals surface area (Å²) >= 11 is 1.34. The molecule has 1 unspecified atom stereocenters. The topological polar surface area (TPSA) is 79.7 Å². The van der Waals surface area contributed by atoms with E-state index in [-0.39, 0.29) is 11.9 Å². The molecule has 1 N–H and O–H groups in total. The van der Waals surface area contributed by atoms with Gasteiger partial charge in [-0.25, -0.2) is 9.78 Å². The molecule has 1 aliphatic rings. The molecule has 9 heteroatoms. The third kappa shape index (κ3) is 8.88. The average molecular weight is 648 g/mol. The Bertz CT molecular complexity index is 1520. The van der Waals surface area contributed by atoms with E-state index in [1.54, 1.807) is 0 Å². The maximum absolute atomic E-state index is 14.1. The molecule has 2 heterocycles. The van der Waals surface area contributed by atoms with Crippen LogP contribution in [0.15, 0.2) is 53.9 Å². The number of allylic oxidation sites excluding steroid dienone is 4. The monoisotopic (exact) mass is 647 g/mol. The normalized spacial score (nSPS) is 15.0. The number of amides is 1. The maximum atomic E-state index is 14.1. The zero-order chi connectivity index (χ0) is 33.4. The zero-order valence-corrected chi connectivity index (χ0v) is 29.8. The minimum atomic E-state index is -0.713. The van der Waals surface area contributed by atoms with Gasteiger partial charge in [-0.2, -0.15) is 0 Å². The molecule has 0 radical (unpaired) electrons. The van der Waals surface area contributed by atoms with Gasteiger partial charge in [0.1, 0.15) is 4.88 Å². The number of imidazole rings is 1. The molecule has 2 aromatic heterocycles. The molecule has 1 aromatic carbocycles. The summed E-state index contributed by atoms with van der Waals surface area (Å²) in [5.74, 6) is 1.82. The Morgan fingerprint density at radius 1 is 1.11 bits per heavy atom. The summed E-state index contributed by atoms with van der Waals surface area (Å²) < 4.78 is 7.21. The van der Waals surface area contributed by atoms with Crippen molar-refractivity contribution in [3.05, 3.63) is 64.4 Å². The van der Waals surface area contributed by atoms with Crippen LogP contribution in [0.25, 0.3) is 11.0 Å². The number of carbonyl (C=O) groups is 2. The number of carbonyl (C=O) groups excluding carboxylic acids is 2. The first-order valence-electron chi connectivity index (χ1n) is 16.7. The SMILES string of the molecule is COC(=O)c1sccc1Nc1nc2ccc(C(C)(C)C(=O)N(CC(C)C)CC(C)C)cc2n1CCCN(C)CCC1C=CC=CC1. The fraction of sp³-hybridized carbons (Fsp3) is 0.541. The molecular weight excluding hydrogens is 595 g/mol. The van der Waals surface area contributed by atoms with Gasteiger partial charge in [-0.15, -0.1) is 11.3 Å². The van der Waals surface area contributed by atoms with E-state index in [0.29, 0.717) is 34.3 Å². The second kappa shape index (κ2) is 15.9. The number of fused-ring (bicyclic) bond motifs is 1. The van der Waals surface area contributed by atoms with Gasteiger partial charge in [-0.3, -0.25) is 4.79 Å². The van der Waals surface area contributed by atoms with Crippen molar-refractivity contribution in [3.8, 4) is 0 Å². The van der Waals surface area contributed by atoms with Crippen molar-refractivity contribution in [1.82, 2.24) is 19.4 Å². The first-order chi connectivity index (χ1) is 21.9. The molecule has 3 aromatic rings. The molecule has 0 aliphatic heterocycles. The van der Waals surface area contributed by atoms with Gasteiger partial charge in [0.2, 0.25) is 11.9 Å². The Morgan fingerprint density at radius 3 is 2.50 bits per heavy atom. The van der Waals surface area contributed by atoms with Crippen molar-refractivity contribution in [2.24, 2.45) is 17.8 Å². The zero-order valence-electron chi connectivity index (χ0n) is 29.0. The lowest BCUT2D eigenvalue weighted by Crippen LogP contribution is -2.46. The highest BCUT2D eigenvalue weighted by Crippen LogP contribution is 2.33. The molecule has 1 amide bonds. The molecule has 46 heavy (non-hydrogen) atoms. The van der Waals surface area contributed by atoms with Gasteiger partial charge >= 0.3 is 5.97 Å². The number of thiophene rings is 1. The van der Waals surface area contributed by atoms with E-state index in [2.05, 4.69) is 79.9 Å². The lowest BCUT2D eigenvalue weighted by molar-refractivity contribution is -0.137. The van der Waals surface area contributed by atoms with Gasteiger partial charge in [-0.1, -0.05) is 58.1 Å². The standard InChI is InChI=1S/C37H53N5O3S/c1-26(2)24-41(25-27(3)4)35(44)37(5,6)29-15-16-30-32(23-29)42(20-12-19-40(7)21-17-28-13-10-9-11-14-28)36(38-30)39-31-18-22-46-33(31)34(43)45-8/h9-11,13,15-16,18,22-23,26-28H,12,14,17,19-21,24-25H2,1-8H3,(H,38,39). The smallest absolute Gasteiger partial charge is 0.350 e. The predicted octanol–water partition coefficient (Wildman–Crippen LogP) is 7.89. The number of nitrogens with zero attached hydrogens (tertiary/aromatic N) is 4. The van der Waals surface area contributed by atoms with Crippen LogP contribution < -0.4 is 5.32 Å². The lowest BCUT2D eigenvalue weighted by atomic mass is 9.82. The minimum Gasteiger partial charge on any atom is -0.465 e. The fourth-order valence-electron chi connectivity index (χ4n) is 6.10. The van der Waals surface area contributed by atoms with E-state index < -0.39 is 5.41 Å². The van der Waals surface area contributed by atoms with Crippen LogP contribution >= 0.6 is 11.3 Å². The van der Waals surface area contributed by atoms with Crippen LogP contribution in [0.2, 0.25) is 0 Å². The number of hydrogen-bond acceptors (Lipinski definition) is 7. The quantitative estimate of drug-likeness (QED) is 0.159. The maximum Gasteiger partial charge on any atom is 0.350 e. The average Bonchev–Trinajstić information content (AvgIpc) is 3.63. The van der Waals surface area contributed by atoms with E-state index in [9.17, 15) is 9.59 Å². The molecule has 0 saturated heterocycles. The third-order valence-corrected chi connectivity index (χ3v) is 9.51. The third-order valence-electron chi connectivity index (χ3n) is 8.62. The van der Waals surface area contributed by atoms with Crippen LogP contribution in [-0.4, -0.2) is 71.6 Å². The lowest BCUT2D eigenvalue weighted by Gasteiger charge is -2.34. The molecule has 0 spiro atoms. The summed E-state index contributed by atoms with van der Waals surface area (Å²) in [5.41, 5.74) is 2.74. The number of benzene rings is 1. The number of aromatic nitrogens is 2. The number of rotatable bonds is 16. The highest BCUT2D eigenvalue weighted by Gasteiger charge is 2.35. The van der Waals surface area contributed by atoms with Crippen LogP contribution in [-0.2, 0) is 21.5 Å². The highest BCUT2D eigenvalue weighted by atomic mass is 32.1. The first kappa shape index (κ1) is 35.4. The molecule has 8 nitrogen and oxygen atoms in total. The van der Waals surface area contributed by atoms with Gasteiger partial charge in [0.15, 0.2) is 0 Å². The van der Waals surface area contributed by atoms with E-state index in [1.165, 1.54) is 18.4 Å². The second-order valence-electron chi connectivity index (χ2n) is 13.9. The van der Waals surface area contributed by atoms with Crippen molar-refractivity contribution in [2.45, 2.75) is 72.8 Å². The van der Waals surface area contributed by atoms with Crippen molar-refractivity contribution in [1.29, 1.82) is 0 Å². The first-order valence-corrected chi connectivity index (χ1v) is 17.5. The van der Waals surface area contributed by atoms with Crippen molar-refractivity contribution in [2.75, 3.05) is 45.7 Å². The summed E-state index contributed by atoms with van der Waals surface area (Å²) in [7, 11) is 3.58. The van der Waals surface area contributed by atoms with Crippen LogP contribution in [0.1, 0.15) is 76.0 Å². The second-order valence-corrected chi connectivity index (χ2v) is 14.9. The molecule has 0 saturated carbocycles. The van der Waals surface area contributed by atoms with Crippen LogP contribution in [0.5, 0.6) is 0 Å². The Kier molecular flexibility index (Phi) is 12.3. The van der Waals surface area contributed by atoms with E-state index in [1.807, 2.05) is 42.3 Å². The highest BCUT2D eigenvalue weighted by molar-refractivity contribution is 7.12. The number of anilines is 2. The number of hydrogen-bond donors (Lipinski definition) is 1. The van der Waals surface area contributed by atoms with Gasteiger partial charge < -0.3 is 24.4 Å². The Balaban J connectivity index is 1.62. The number of aryl methyl sites for hydroxylation is 1. The number of ether oxygens (including phenoxy) is 1. The van der Waals surface area contributed by atoms with E-state index >= 15 is 0 Å². The predicted molar refractivity (Wildman–Crippen MR) is 191 cm³/mol. The van der Waals surface area contributed by atoms with Crippen LogP contribution in [0, 0.1) is 17.8 Å². The van der Waals surface area contributed by atoms with Gasteiger partial charge in [0, 0.05) is 19.6 Å². The van der Waals surface area contributed by atoms with Gasteiger partial charge in [0.25, 0.3) is 0 Å². The number of nitrogens with one attached hydrogen (secondary N) is 1. The van der Waals surface area contributed by atoms with E-state index in [0.717, 1.165) is 68.6 Å². The summed E-state index contributed by atoms with van der Waals surface area (Å²) in [4.78, 5) is 36.4.